The fraction of sp³-hybridized carbons (Fsp3) is 0.211. The van der Waals surface area contributed by atoms with Crippen LogP contribution in [0.5, 0.6) is 5.75 Å². The average Bonchev–Trinajstić information content (AvgIpc) is 3.07. The van der Waals surface area contributed by atoms with E-state index >= 15 is 0 Å². The third kappa shape index (κ3) is 4.03. The number of aryl methyl sites for hydroxylation is 2. The second kappa shape index (κ2) is 7.58. The number of benzene rings is 2. The Morgan fingerprint density at radius 1 is 1.12 bits per heavy atom. The van der Waals surface area contributed by atoms with Crippen LogP contribution in [-0.2, 0) is 4.79 Å². The van der Waals surface area contributed by atoms with E-state index in [9.17, 15) is 4.79 Å². The first-order valence-corrected chi connectivity index (χ1v) is 8.45. The van der Waals surface area contributed by atoms with Crippen molar-refractivity contribution in [1.82, 2.24) is 10.3 Å². The smallest absolute Gasteiger partial charge is 0.266 e. The zero-order chi connectivity index (χ0) is 18.7. The highest BCUT2D eigenvalue weighted by Gasteiger charge is 2.20. The van der Waals surface area contributed by atoms with E-state index in [4.69, 9.17) is 21.0 Å². The topological polar surface area (TPSA) is 77.2 Å². The van der Waals surface area contributed by atoms with Crippen LogP contribution in [0.2, 0.25) is 5.02 Å². The number of anilines is 1. The van der Waals surface area contributed by atoms with Gasteiger partial charge in [0.25, 0.3) is 5.91 Å². The van der Waals surface area contributed by atoms with E-state index in [1.807, 2.05) is 32.0 Å². The minimum Gasteiger partial charge on any atom is -0.481 e. The third-order valence-electron chi connectivity index (χ3n) is 4.01. The minimum absolute atomic E-state index is 0.229. The quantitative estimate of drug-likeness (QED) is 0.718. The molecule has 3 rings (SSSR count). The summed E-state index contributed by atoms with van der Waals surface area (Å²) in [5, 5.41) is 10.9. The molecular formula is C19H18ClN3O3. The highest BCUT2D eigenvalue weighted by Crippen LogP contribution is 2.26. The van der Waals surface area contributed by atoms with E-state index in [0.717, 1.165) is 16.7 Å². The van der Waals surface area contributed by atoms with Crippen LogP contribution in [-0.4, -0.2) is 22.3 Å². The fourth-order valence-electron chi connectivity index (χ4n) is 2.33. The molecule has 7 heteroatoms. The number of hydrogen-bond donors (Lipinski definition) is 1. The summed E-state index contributed by atoms with van der Waals surface area (Å²) in [5.41, 5.74) is 3.42. The Kier molecular flexibility index (Phi) is 5.23. The van der Waals surface area contributed by atoms with Gasteiger partial charge in [-0.25, -0.2) is 4.63 Å². The molecule has 0 fully saturated rings. The van der Waals surface area contributed by atoms with Gasteiger partial charge in [0, 0.05) is 10.6 Å². The summed E-state index contributed by atoms with van der Waals surface area (Å²) < 4.78 is 10.5. The first-order chi connectivity index (χ1) is 12.4. The van der Waals surface area contributed by atoms with Gasteiger partial charge in [-0.15, -0.1) is 0 Å². The van der Waals surface area contributed by atoms with Gasteiger partial charge in [0.15, 0.2) is 11.8 Å². The molecule has 0 unspecified atom stereocenters. The molecule has 1 amide bonds. The van der Waals surface area contributed by atoms with Crippen LogP contribution in [0.4, 0.5) is 5.82 Å². The van der Waals surface area contributed by atoms with Crippen LogP contribution >= 0.6 is 11.6 Å². The van der Waals surface area contributed by atoms with Crippen LogP contribution in [0.1, 0.15) is 18.1 Å². The second-order valence-electron chi connectivity index (χ2n) is 5.96. The maximum absolute atomic E-state index is 12.4. The molecule has 6 nitrogen and oxygen atoms in total. The van der Waals surface area contributed by atoms with Crippen molar-refractivity contribution in [3.8, 4) is 17.0 Å². The molecule has 1 atom stereocenters. The monoisotopic (exact) mass is 371 g/mol. The lowest BCUT2D eigenvalue weighted by atomic mass is 10.1. The molecule has 2 aromatic carbocycles. The number of nitrogens with zero attached hydrogens (tertiary/aromatic N) is 2. The Morgan fingerprint density at radius 2 is 1.85 bits per heavy atom. The zero-order valence-electron chi connectivity index (χ0n) is 14.6. The van der Waals surface area contributed by atoms with Gasteiger partial charge in [-0.3, -0.25) is 4.79 Å². The second-order valence-corrected chi connectivity index (χ2v) is 6.40. The van der Waals surface area contributed by atoms with Crippen molar-refractivity contribution in [2.24, 2.45) is 0 Å². The van der Waals surface area contributed by atoms with E-state index in [0.29, 0.717) is 16.5 Å². The van der Waals surface area contributed by atoms with E-state index in [1.54, 1.807) is 31.2 Å². The lowest BCUT2D eigenvalue weighted by Gasteiger charge is -2.15. The first-order valence-electron chi connectivity index (χ1n) is 8.07. The van der Waals surface area contributed by atoms with Crippen molar-refractivity contribution in [1.29, 1.82) is 0 Å². The summed E-state index contributed by atoms with van der Waals surface area (Å²) in [6, 6.07) is 12.7. The molecule has 0 saturated carbocycles. The Balaban J connectivity index is 1.71. The van der Waals surface area contributed by atoms with E-state index in [-0.39, 0.29) is 11.7 Å². The molecule has 134 valence electrons. The molecule has 0 bridgehead atoms. The van der Waals surface area contributed by atoms with Crippen LogP contribution in [0.25, 0.3) is 11.3 Å². The van der Waals surface area contributed by atoms with Crippen molar-refractivity contribution in [3.63, 3.8) is 0 Å². The number of carbonyl (C=O) groups is 1. The molecule has 1 N–H and O–H groups in total. The van der Waals surface area contributed by atoms with Gasteiger partial charge >= 0.3 is 0 Å². The summed E-state index contributed by atoms with van der Waals surface area (Å²) in [6.07, 6.45) is -0.716. The Bertz CT molecular complexity index is 922. The largest absolute Gasteiger partial charge is 0.481 e. The Hall–Kier alpha value is -2.86. The van der Waals surface area contributed by atoms with Crippen molar-refractivity contribution < 1.29 is 14.2 Å². The molecule has 0 radical (unpaired) electrons. The number of hydrogen-bond acceptors (Lipinski definition) is 5. The van der Waals surface area contributed by atoms with Gasteiger partial charge in [0.05, 0.1) is 0 Å². The number of ether oxygens (including phenoxy) is 1. The Labute approximate surface area is 156 Å². The van der Waals surface area contributed by atoms with Crippen molar-refractivity contribution in [3.05, 3.63) is 58.6 Å². The van der Waals surface area contributed by atoms with Gasteiger partial charge in [0.2, 0.25) is 5.82 Å². The summed E-state index contributed by atoms with van der Waals surface area (Å²) in [7, 11) is 0. The van der Waals surface area contributed by atoms with Gasteiger partial charge in [0.1, 0.15) is 5.75 Å². The number of rotatable bonds is 5. The molecule has 0 aliphatic heterocycles. The number of halogens is 1. The van der Waals surface area contributed by atoms with Gasteiger partial charge in [-0.1, -0.05) is 29.8 Å². The standard InChI is InChI=1S/C19H18ClN3O3/c1-11-4-9-16(10-12(11)2)25-13(3)19(24)21-18-17(22-26-23-18)14-5-7-15(20)8-6-14/h4-10,13H,1-3H3,(H,21,23,24)/t13-/m1/s1. The molecule has 0 spiro atoms. The number of nitrogens with one attached hydrogen (secondary N) is 1. The number of carbonyl (C=O) groups excluding carboxylic acids is 1. The van der Waals surface area contributed by atoms with E-state index in [1.165, 1.54) is 0 Å². The molecule has 0 aliphatic rings. The third-order valence-corrected chi connectivity index (χ3v) is 4.26. The van der Waals surface area contributed by atoms with Gasteiger partial charge in [-0.05, 0) is 66.5 Å². The highest BCUT2D eigenvalue weighted by atomic mass is 35.5. The number of aromatic nitrogens is 2. The maximum Gasteiger partial charge on any atom is 0.266 e. The fourth-order valence-corrected chi connectivity index (χ4v) is 2.46. The lowest BCUT2D eigenvalue weighted by molar-refractivity contribution is -0.122. The molecular weight excluding hydrogens is 354 g/mol. The van der Waals surface area contributed by atoms with E-state index in [2.05, 4.69) is 15.6 Å². The minimum atomic E-state index is -0.716. The highest BCUT2D eigenvalue weighted by molar-refractivity contribution is 6.30. The first kappa shape index (κ1) is 17.9. The number of amides is 1. The molecule has 1 heterocycles. The summed E-state index contributed by atoms with van der Waals surface area (Å²) >= 11 is 5.89. The molecule has 3 aromatic rings. The summed E-state index contributed by atoms with van der Waals surface area (Å²) in [5.74, 6) is 0.508. The van der Waals surface area contributed by atoms with Gasteiger partial charge in [-0.2, -0.15) is 0 Å². The van der Waals surface area contributed by atoms with Crippen molar-refractivity contribution in [2.75, 3.05) is 5.32 Å². The Morgan fingerprint density at radius 3 is 2.54 bits per heavy atom. The maximum atomic E-state index is 12.4. The van der Waals surface area contributed by atoms with Crippen LogP contribution in [0.3, 0.4) is 0 Å². The average molecular weight is 372 g/mol. The molecule has 1 aromatic heterocycles. The van der Waals surface area contributed by atoms with Crippen molar-refractivity contribution >= 4 is 23.3 Å². The van der Waals surface area contributed by atoms with E-state index < -0.39 is 6.10 Å². The molecule has 0 saturated heterocycles. The SMILES string of the molecule is Cc1ccc(O[C@H](C)C(=O)Nc2nonc2-c2ccc(Cl)cc2)cc1C. The molecule has 0 aliphatic carbocycles. The normalized spacial score (nSPS) is 11.8. The van der Waals surface area contributed by atoms with Crippen LogP contribution in [0.15, 0.2) is 47.1 Å². The summed E-state index contributed by atoms with van der Waals surface area (Å²) in [4.78, 5) is 12.4. The lowest BCUT2D eigenvalue weighted by Crippen LogP contribution is -2.30. The predicted octanol–water partition coefficient (Wildman–Crippen LogP) is 4.41. The van der Waals surface area contributed by atoms with Crippen molar-refractivity contribution in [2.45, 2.75) is 26.9 Å². The van der Waals surface area contributed by atoms with Gasteiger partial charge < -0.3 is 10.1 Å². The molecule has 26 heavy (non-hydrogen) atoms. The predicted molar refractivity (Wildman–Crippen MR) is 99.4 cm³/mol. The zero-order valence-corrected chi connectivity index (χ0v) is 15.4. The summed E-state index contributed by atoms with van der Waals surface area (Å²) in [6.45, 7) is 5.68. The van der Waals surface area contributed by atoms with Crippen LogP contribution in [0, 0.1) is 13.8 Å². The van der Waals surface area contributed by atoms with Crippen LogP contribution < -0.4 is 10.1 Å².